The molecule has 0 amide bonds. The number of anilines is 1. The van der Waals surface area contributed by atoms with E-state index in [0.717, 1.165) is 16.6 Å². The first-order valence-electron chi connectivity index (χ1n) is 4.56. The number of hydroxylamine groups is 1. The molecule has 0 fully saturated rings. The number of fused-ring (bicyclic) bond motifs is 1. The molecule has 1 heterocycles. The molecule has 0 radical (unpaired) electrons. The number of hydrogen-bond acceptors (Lipinski definition) is 5. The largest absolute Gasteiger partial charge is 0.382 e. The van der Waals surface area contributed by atoms with Crippen LogP contribution in [0.15, 0.2) is 24.4 Å². The smallest absolute Gasteiger partial charge is 0.142 e. The van der Waals surface area contributed by atoms with Crippen LogP contribution in [0.3, 0.4) is 0 Å². The molecule has 1 aromatic heterocycles. The van der Waals surface area contributed by atoms with Gasteiger partial charge in [0.05, 0.1) is 24.3 Å². The van der Waals surface area contributed by atoms with Gasteiger partial charge in [-0.25, -0.2) is 4.98 Å². The van der Waals surface area contributed by atoms with Crippen molar-refractivity contribution in [3.05, 3.63) is 30.0 Å². The molecule has 78 valence electrons. The van der Waals surface area contributed by atoms with E-state index >= 15 is 0 Å². The summed E-state index contributed by atoms with van der Waals surface area (Å²) in [5.74, 6) is 0.435. The van der Waals surface area contributed by atoms with Crippen LogP contribution in [0.2, 0.25) is 0 Å². The predicted octanol–water partition coefficient (Wildman–Crippen LogP) is 0.863. The average molecular weight is 204 g/mol. The van der Waals surface area contributed by atoms with Gasteiger partial charge < -0.3 is 10.6 Å². The fourth-order valence-corrected chi connectivity index (χ4v) is 1.34. The van der Waals surface area contributed by atoms with Gasteiger partial charge in [0, 0.05) is 6.54 Å². The summed E-state index contributed by atoms with van der Waals surface area (Å²) in [4.78, 5) is 13.1. The lowest BCUT2D eigenvalue weighted by Crippen LogP contribution is -2.10. The molecule has 0 unspecified atom stereocenters. The highest BCUT2D eigenvalue weighted by Crippen LogP contribution is 2.12. The van der Waals surface area contributed by atoms with Crippen molar-refractivity contribution in [1.82, 2.24) is 15.4 Å². The van der Waals surface area contributed by atoms with E-state index in [4.69, 9.17) is 10.6 Å². The molecule has 0 spiro atoms. The van der Waals surface area contributed by atoms with Crippen molar-refractivity contribution < 1.29 is 4.84 Å². The van der Waals surface area contributed by atoms with Gasteiger partial charge in [0.25, 0.3) is 0 Å². The predicted molar refractivity (Wildman–Crippen MR) is 57.8 cm³/mol. The zero-order chi connectivity index (χ0) is 10.7. The van der Waals surface area contributed by atoms with Crippen molar-refractivity contribution in [1.29, 1.82) is 0 Å². The highest BCUT2D eigenvalue weighted by atomic mass is 16.6. The number of nitrogens with two attached hydrogens (primary N) is 1. The maximum atomic E-state index is 5.54. The van der Waals surface area contributed by atoms with Gasteiger partial charge in [0.15, 0.2) is 0 Å². The number of nitrogen functional groups attached to an aromatic ring is 1. The highest BCUT2D eigenvalue weighted by Gasteiger charge is 1.99. The molecule has 0 aliphatic rings. The van der Waals surface area contributed by atoms with Gasteiger partial charge in [-0.05, 0) is 17.7 Å². The molecular weight excluding hydrogens is 192 g/mol. The van der Waals surface area contributed by atoms with E-state index in [0.29, 0.717) is 12.4 Å². The van der Waals surface area contributed by atoms with Crippen molar-refractivity contribution in [2.45, 2.75) is 6.54 Å². The van der Waals surface area contributed by atoms with E-state index in [2.05, 4.69) is 15.4 Å². The number of rotatable bonds is 3. The topological polar surface area (TPSA) is 73.1 Å². The summed E-state index contributed by atoms with van der Waals surface area (Å²) >= 11 is 0. The van der Waals surface area contributed by atoms with E-state index in [1.165, 1.54) is 0 Å². The van der Waals surface area contributed by atoms with Gasteiger partial charge in [-0.2, -0.15) is 5.48 Å². The summed E-state index contributed by atoms with van der Waals surface area (Å²) in [7, 11) is 1.58. The first-order chi connectivity index (χ1) is 7.29. The van der Waals surface area contributed by atoms with Gasteiger partial charge in [-0.15, -0.1) is 0 Å². The number of nitrogens with zero attached hydrogens (tertiary/aromatic N) is 2. The Hall–Kier alpha value is -1.72. The minimum absolute atomic E-state index is 0.435. The first kappa shape index (κ1) is 9.82. The molecule has 2 aromatic rings. The Morgan fingerprint density at radius 2 is 2.27 bits per heavy atom. The summed E-state index contributed by atoms with van der Waals surface area (Å²) in [6.07, 6.45) is 1.55. The van der Waals surface area contributed by atoms with Crippen LogP contribution >= 0.6 is 0 Å². The quantitative estimate of drug-likeness (QED) is 0.725. The fraction of sp³-hybridized carbons (Fsp3) is 0.200. The van der Waals surface area contributed by atoms with E-state index in [9.17, 15) is 0 Å². The Balaban J connectivity index is 2.34. The summed E-state index contributed by atoms with van der Waals surface area (Å²) in [6, 6.07) is 5.81. The molecule has 15 heavy (non-hydrogen) atoms. The molecule has 0 aliphatic heterocycles. The number of aromatic nitrogens is 2. The minimum atomic E-state index is 0.435. The first-order valence-corrected chi connectivity index (χ1v) is 4.56. The van der Waals surface area contributed by atoms with Crippen LogP contribution in [-0.4, -0.2) is 17.1 Å². The molecule has 0 saturated heterocycles. The Kier molecular flexibility index (Phi) is 2.75. The van der Waals surface area contributed by atoms with Crippen LogP contribution in [0.5, 0.6) is 0 Å². The van der Waals surface area contributed by atoms with Gasteiger partial charge in [0.1, 0.15) is 5.82 Å². The van der Waals surface area contributed by atoms with E-state index in [1.807, 2.05) is 18.2 Å². The maximum absolute atomic E-state index is 5.54. The lowest BCUT2D eigenvalue weighted by atomic mass is 10.2. The third-order valence-corrected chi connectivity index (χ3v) is 2.05. The second-order valence-corrected chi connectivity index (χ2v) is 3.14. The molecule has 0 bridgehead atoms. The van der Waals surface area contributed by atoms with Crippen LogP contribution in [0.4, 0.5) is 5.82 Å². The monoisotopic (exact) mass is 204 g/mol. The summed E-state index contributed by atoms with van der Waals surface area (Å²) in [5, 5.41) is 0. The third-order valence-electron chi connectivity index (χ3n) is 2.05. The minimum Gasteiger partial charge on any atom is -0.382 e. The van der Waals surface area contributed by atoms with Crippen LogP contribution < -0.4 is 11.2 Å². The SMILES string of the molecule is CONCc1ccc2nc(N)cnc2c1. The molecule has 1 aromatic carbocycles. The van der Waals surface area contributed by atoms with E-state index in [-0.39, 0.29) is 0 Å². The lowest BCUT2D eigenvalue weighted by molar-refractivity contribution is 0.0867. The van der Waals surface area contributed by atoms with Crippen LogP contribution in [-0.2, 0) is 11.4 Å². The van der Waals surface area contributed by atoms with Crippen molar-refractivity contribution in [2.75, 3.05) is 12.8 Å². The highest BCUT2D eigenvalue weighted by molar-refractivity contribution is 5.75. The van der Waals surface area contributed by atoms with Gasteiger partial charge in [-0.1, -0.05) is 6.07 Å². The second kappa shape index (κ2) is 4.20. The zero-order valence-corrected chi connectivity index (χ0v) is 8.40. The molecule has 3 N–H and O–H groups in total. The van der Waals surface area contributed by atoms with Crippen molar-refractivity contribution in [3.63, 3.8) is 0 Å². The summed E-state index contributed by atoms with van der Waals surface area (Å²) in [5.41, 5.74) is 11.0. The van der Waals surface area contributed by atoms with Crippen LogP contribution in [0.1, 0.15) is 5.56 Å². The van der Waals surface area contributed by atoms with Crippen molar-refractivity contribution >= 4 is 16.9 Å². The van der Waals surface area contributed by atoms with E-state index < -0.39 is 0 Å². The number of hydrogen-bond donors (Lipinski definition) is 2. The van der Waals surface area contributed by atoms with Crippen molar-refractivity contribution in [2.24, 2.45) is 0 Å². The van der Waals surface area contributed by atoms with Gasteiger partial charge >= 0.3 is 0 Å². The van der Waals surface area contributed by atoms with Crippen LogP contribution in [0, 0.1) is 0 Å². The van der Waals surface area contributed by atoms with Crippen molar-refractivity contribution in [3.8, 4) is 0 Å². The zero-order valence-electron chi connectivity index (χ0n) is 8.40. The number of benzene rings is 1. The van der Waals surface area contributed by atoms with Crippen LogP contribution in [0.25, 0.3) is 11.0 Å². The fourth-order valence-electron chi connectivity index (χ4n) is 1.34. The molecule has 0 aliphatic carbocycles. The standard InChI is InChI=1S/C10H12N4O/c1-15-13-5-7-2-3-8-9(4-7)12-6-10(11)14-8/h2-4,6,13H,5H2,1H3,(H2,11,14). The lowest BCUT2D eigenvalue weighted by Gasteiger charge is -2.03. The average Bonchev–Trinajstić information content (AvgIpc) is 2.26. The molecule has 2 rings (SSSR count). The van der Waals surface area contributed by atoms with E-state index in [1.54, 1.807) is 13.3 Å². The summed E-state index contributed by atoms with van der Waals surface area (Å²) in [6.45, 7) is 0.637. The Morgan fingerprint density at radius 1 is 1.40 bits per heavy atom. The Morgan fingerprint density at radius 3 is 3.07 bits per heavy atom. The molecule has 5 heteroatoms. The second-order valence-electron chi connectivity index (χ2n) is 3.14. The molecule has 5 nitrogen and oxygen atoms in total. The number of nitrogens with one attached hydrogen (secondary N) is 1. The molecule has 0 saturated carbocycles. The van der Waals surface area contributed by atoms with Gasteiger partial charge in [0.2, 0.25) is 0 Å². The third kappa shape index (κ3) is 2.20. The maximum Gasteiger partial charge on any atom is 0.142 e. The molecule has 0 atom stereocenters. The van der Waals surface area contributed by atoms with Gasteiger partial charge in [-0.3, -0.25) is 4.98 Å². The molecular formula is C10H12N4O. The summed E-state index contributed by atoms with van der Waals surface area (Å²) < 4.78 is 0. The Bertz CT molecular complexity index is 472. The normalized spacial score (nSPS) is 10.7. The Labute approximate surface area is 87.2 Å².